The summed E-state index contributed by atoms with van der Waals surface area (Å²) < 4.78 is 10.1. The van der Waals surface area contributed by atoms with E-state index in [1.807, 2.05) is 19.1 Å². The number of benzene rings is 1. The van der Waals surface area contributed by atoms with Crippen LogP contribution >= 0.6 is 0 Å². The standard InChI is InChI=1S/C17H22N2O5/c1-12-6-2-5-9-14(12)23-11-16(21)24-10-15(20)19-17(22)18-13-7-3-4-8-13/h2,5-6,9,13H,3-4,7-8,10-11H2,1H3,(H2,18,19,20,22). The SMILES string of the molecule is Cc1ccccc1OCC(=O)OCC(=O)NC(=O)NC1CCCC1. The van der Waals surface area contributed by atoms with Gasteiger partial charge in [0.1, 0.15) is 5.75 Å². The number of hydrogen-bond donors (Lipinski definition) is 2. The molecular formula is C17H22N2O5. The lowest BCUT2D eigenvalue weighted by Crippen LogP contribution is -2.45. The zero-order valence-electron chi connectivity index (χ0n) is 13.7. The molecule has 0 aliphatic heterocycles. The number of aryl methyl sites for hydroxylation is 1. The molecule has 1 saturated carbocycles. The van der Waals surface area contributed by atoms with Crippen LogP contribution in [0.4, 0.5) is 4.79 Å². The number of hydrogen-bond acceptors (Lipinski definition) is 5. The Bertz CT molecular complexity index is 596. The summed E-state index contributed by atoms with van der Waals surface area (Å²) >= 11 is 0. The fraction of sp³-hybridized carbons (Fsp3) is 0.471. The number of urea groups is 1. The third-order valence-electron chi connectivity index (χ3n) is 3.75. The van der Waals surface area contributed by atoms with E-state index in [-0.39, 0.29) is 12.6 Å². The van der Waals surface area contributed by atoms with E-state index >= 15 is 0 Å². The molecule has 0 heterocycles. The van der Waals surface area contributed by atoms with Gasteiger partial charge in [-0.05, 0) is 31.4 Å². The molecule has 0 atom stereocenters. The van der Waals surface area contributed by atoms with E-state index in [4.69, 9.17) is 9.47 Å². The Morgan fingerprint density at radius 3 is 2.54 bits per heavy atom. The van der Waals surface area contributed by atoms with Crippen LogP contribution in [0.2, 0.25) is 0 Å². The van der Waals surface area contributed by atoms with Gasteiger partial charge in [-0.15, -0.1) is 0 Å². The van der Waals surface area contributed by atoms with Gasteiger partial charge in [-0.3, -0.25) is 10.1 Å². The van der Waals surface area contributed by atoms with Crippen molar-refractivity contribution in [2.24, 2.45) is 0 Å². The Morgan fingerprint density at radius 2 is 1.83 bits per heavy atom. The van der Waals surface area contributed by atoms with Gasteiger partial charge in [-0.1, -0.05) is 31.0 Å². The van der Waals surface area contributed by atoms with Crippen LogP contribution in [0.25, 0.3) is 0 Å². The van der Waals surface area contributed by atoms with Crippen molar-refractivity contribution in [3.05, 3.63) is 29.8 Å². The lowest BCUT2D eigenvalue weighted by atomic mass is 10.2. The molecule has 7 nitrogen and oxygen atoms in total. The molecule has 130 valence electrons. The van der Waals surface area contributed by atoms with Crippen LogP contribution in [0.5, 0.6) is 5.75 Å². The molecule has 1 aliphatic carbocycles. The maximum atomic E-state index is 11.6. The second-order valence-corrected chi connectivity index (χ2v) is 5.72. The highest BCUT2D eigenvalue weighted by Gasteiger charge is 2.18. The molecule has 2 rings (SSSR count). The van der Waals surface area contributed by atoms with Crippen molar-refractivity contribution >= 4 is 17.9 Å². The predicted molar refractivity (Wildman–Crippen MR) is 86.6 cm³/mol. The zero-order chi connectivity index (χ0) is 17.4. The second-order valence-electron chi connectivity index (χ2n) is 5.72. The number of esters is 1. The second kappa shape index (κ2) is 8.90. The van der Waals surface area contributed by atoms with Crippen LogP contribution in [0.3, 0.4) is 0 Å². The van der Waals surface area contributed by atoms with Crippen molar-refractivity contribution in [2.45, 2.75) is 38.6 Å². The highest BCUT2D eigenvalue weighted by atomic mass is 16.6. The van der Waals surface area contributed by atoms with Gasteiger partial charge in [0.2, 0.25) is 0 Å². The summed E-state index contributed by atoms with van der Waals surface area (Å²) in [6.07, 6.45) is 4.01. The third kappa shape index (κ3) is 5.91. The average molecular weight is 334 g/mol. The molecular weight excluding hydrogens is 312 g/mol. The molecule has 1 aromatic rings. The fourth-order valence-electron chi connectivity index (χ4n) is 2.50. The minimum Gasteiger partial charge on any atom is -0.482 e. The summed E-state index contributed by atoms with van der Waals surface area (Å²) in [5, 5.41) is 4.85. The highest BCUT2D eigenvalue weighted by Crippen LogP contribution is 2.17. The third-order valence-corrected chi connectivity index (χ3v) is 3.75. The normalized spacial score (nSPS) is 14.0. The van der Waals surface area contributed by atoms with Crippen molar-refractivity contribution in [2.75, 3.05) is 13.2 Å². The largest absolute Gasteiger partial charge is 0.482 e. The monoisotopic (exact) mass is 334 g/mol. The first-order valence-electron chi connectivity index (χ1n) is 7.99. The number of nitrogens with one attached hydrogen (secondary N) is 2. The molecule has 0 aromatic heterocycles. The lowest BCUT2D eigenvalue weighted by Gasteiger charge is -2.12. The van der Waals surface area contributed by atoms with Gasteiger partial charge in [0.25, 0.3) is 5.91 Å². The molecule has 3 amide bonds. The fourth-order valence-corrected chi connectivity index (χ4v) is 2.50. The summed E-state index contributed by atoms with van der Waals surface area (Å²) in [5.74, 6) is -0.769. The number of amides is 3. The van der Waals surface area contributed by atoms with Gasteiger partial charge in [0.15, 0.2) is 13.2 Å². The molecule has 0 radical (unpaired) electrons. The van der Waals surface area contributed by atoms with E-state index in [0.29, 0.717) is 5.75 Å². The Balaban J connectivity index is 1.63. The van der Waals surface area contributed by atoms with Crippen LogP contribution in [0, 0.1) is 6.92 Å². The Morgan fingerprint density at radius 1 is 1.12 bits per heavy atom. The summed E-state index contributed by atoms with van der Waals surface area (Å²) in [7, 11) is 0. The number of ether oxygens (including phenoxy) is 2. The zero-order valence-corrected chi connectivity index (χ0v) is 13.7. The minimum atomic E-state index is -0.676. The molecule has 1 fully saturated rings. The molecule has 0 bridgehead atoms. The number of imide groups is 1. The van der Waals surface area contributed by atoms with Crippen LogP contribution in [0.1, 0.15) is 31.2 Å². The molecule has 0 unspecified atom stereocenters. The summed E-state index contributed by atoms with van der Waals surface area (Å²) in [4.78, 5) is 34.7. The van der Waals surface area contributed by atoms with E-state index in [1.165, 1.54) is 0 Å². The van der Waals surface area contributed by atoms with Crippen LogP contribution in [0.15, 0.2) is 24.3 Å². The average Bonchev–Trinajstić information content (AvgIpc) is 3.05. The molecule has 24 heavy (non-hydrogen) atoms. The maximum absolute atomic E-state index is 11.6. The molecule has 0 saturated heterocycles. The van der Waals surface area contributed by atoms with Gasteiger partial charge in [0, 0.05) is 6.04 Å². The first kappa shape index (κ1) is 17.8. The smallest absolute Gasteiger partial charge is 0.344 e. The Hall–Kier alpha value is -2.57. The van der Waals surface area contributed by atoms with Crippen LogP contribution in [-0.4, -0.2) is 37.2 Å². The first-order chi connectivity index (χ1) is 11.5. The van der Waals surface area contributed by atoms with Crippen molar-refractivity contribution in [1.29, 1.82) is 0 Å². The van der Waals surface area contributed by atoms with Crippen LogP contribution < -0.4 is 15.4 Å². The van der Waals surface area contributed by atoms with Crippen molar-refractivity contribution in [3.8, 4) is 5.75 Å². The van der Waals surface area contributed by atoms with Crippen molar-refractivity contribution < 1.29 is 23.9 Å². The Labute approximate surface area is 140 Å². The minimum absolute atomic E-state index is 0.114. The van der Waals surface area contributed by atoms with Crippen molar-refractivity contribution in [1.82, 2.24) is 10.6 Å². The van der Waals surface area contributed by atoms with Gasteiger partial charge in [0.05, 0.1) is 0 Å². The van der Waals surface area contributed by atoms with E-state index < -0.39 is 24.5 Å². The van der Waals surface area contributed by atoms with E-state index in [2.05, 4.69) is 10.6 Å². The molecule has 7 heteroatoms. The quantitative estimate of drug-likeness (QED) is 0.772. The lowest BCUT2D eigenvalue weighted by molar-refractivity contribution is -0.150. The number of para-hydroxylation sites is 1. The maximum Gasteiger partial charge on any atom is 0.344 e. The number of rotatable bonds is 6. The van der Waals surface area contributed by atoms with E-state index in [0.717, 1.165) is 31.2 Å². The summed E-state index contributed by atoms with van der Waals surface area (Å²) in [5.41, 5.74) is 0.895. The summed E-state index contributed by atoms with van der Waals surface area (Å²) in [6, 6.07) is 6.81. The van der Waals surface area contributed by atoms with Gasteiger partial charge < -0.3 is 14.8 Å². The molecule has 2 N–H and O–H groups in total. The number of carbonyl (C=O) groups excluding carboxylic acids is 3. The summed E-state index contributed by atoms with van der Waals surface area (Å²) in [6.45, 7) is 1.04. The topological polar surface area (TPSA) is 93.7 Å². The molecule has 0 spiro atoms. The highest BCUT2D eigenvalue weighted by molar-refractivity contribution is 5.95. The first-order valence-corrected chi connectivity index (χ1v) is 7.99. The predicted octanol–water partition coefficient (Wildman–Crippen LogP) is 1.69. The van der Waals surface area contributed by atoms with E-state index in [1.54, 1.807) is 12.1 Å². The number of carbonyl (C=O) groups is 3. The molecule has 1 aliphatic rings. The van der Waals surface area contributed by atoms with Crippen LogP contribution in [-0.2, 0) is 14.3 Å². The van der Waals surface area contributed by atoms with E-state index in [9.17, 15) is 14.4 Å². The van der Waals surface area contributed by atoms with Gasteiger partial charge in [-0.2, -0.15) is 0 Å². The van der Waals surface area contributed by atoms with Crippen molar-refractivity contribution in [3.63, 3.8) is 0 Å². The Kier molecular flexibility index (Phi) is 6.60. The van der Waals surface area contributed by atoms with Gasteiger partial charge in [-0.25, -0.2) is 9.59 Å². The molecule has 1 aromatic carbocycles. The van der Waals surface area contributed by atoms with Gasteiger partial charge >= 0.3 is 12.0 Å².